The van der Waals surface area contributed by atoms with Crippen molar-refractivity contribution in [2.24, 2.45) is 16.1 Å². The van der Waals surface area contributed by atoms with Crippen molar-refractivity contribution >= 4 is 63.0 Å². The lowest BCUT2D eigenvalue weighted by atomic mass is 9.92. The maximum atomic E-state index is 13.7. The molecule has 0 aliphatic carbocycles. The van der Waals surface area contributed by atoms with Crippen molar-refractivity contribution in [1.82, 2.24) is 29.2 Å². The molecular formula is C57H58N11O9+. The Labute approximate surface area is 444 Å². The lowest BCUT2D eigenvalue weighted by Crippen LogP contribution is -2.52. The summed E-state index contributed by atoms with van der Waals surface area (Å²) in [6, 6.07) is 28.0. The molecule has 6 heterocycles. The molecular weight excluding hydrogens is 983 g/mol. The predicted octanol–water partition coefficient (Wildman–Crippen LogP) is 8.54. The fourth-order valence-electron chi connectivity index (χ4n) is 10.1. The molecule has 0 radical (unpaired) electrons. The van der Waals surface area contributed by atoms with Crippen LogP contribution in [0.4, 0.5) is 26.8 Å². The third-order valence-corrected chi connectivity index (χ3v) is 14.6. The number of fused-ring (bicyclic) bond motifs is 6. The number of carbonyl (C=O) groups excluding carboxylic acids is 4. The van der Waals surface area contributed by atoms with Crippen LogP contribution in [-0.4, -0.2) is 121 Å². The number of pyridine rings is 1. The standard InChI is InChI=1S/C57H58N11O9/c1-36-19-23-67(51(69)18-22-58)32-47(36)65(4)54-42-21-25-68(55(42)60-34-59-54)56(71)63(2)26-27-64(3)57(72)74-33-37-10-14-41(15-11-37)61-62-45-9-7-6-8-38(45)13-17-52(70)77-53-44-31-66-24-20-40-29-49-50(76-35-75-49)30-43(40)46(66)28-39(44)12-16-48(53)73-5/h6-12,14-16,21,25,28-31,34,36,47H,13,17-20,23-24,26-27,32-33,35H2,1-5H3/q+1/b62-61+/t36-,47+/m1/s1. The van der Waals surface area contributed by atoms with Gasteiger partial charge in [-0.25, -0.2) is 19.6 Å². The maximum absolute atomic E-state index is 13.7. The van der Waals surface area contributed by atoms with Crippen LogP contribution < -0.4 is 28.4 Å². The van der Waals surface area contributed by atoms with E-state index in [1.54, 1.807) is 62.6 Å². The number of amides is 3. The van der Waals surface area contributed by atoms with Crippen molar-refractivity contribution in [2.75, 3.05) is 66.1 Å². The fraction of sp³-hybridized carbons (Fsp3) is 0.333. The zero-order valence-electron chi connectivity index (χ0n) is 43.5. The van der Waals surface area contributed by atoms with E-state index in [4.69, 9.17) is 28.9 Å². The van der Waals surface area contributed by atoms with E-state index in [2.05, 4.69) is 43.8 Å². The summed E-state index contributed by atoms with van der Waals surface area (Å²) < 4.78 is 32.3. The van der Waals surface area contributed by atoms with E-state index in [-0.39, 0.29) is 63.2 Å². The molecule has 7 aromatic rings. The van der Waals surface area contributed by atoms with Crippen LogP contribution in [0.1, 0.15) is 42.9 Å². The Bertz CT molecular complexity index is 3480. The van der Waals surface area contributed by atoms with Gasteiger partial charge in [-0.15, -0.1) is 0 Å². The van der Waals surface area contributed by atoms with Gasteiger partial charge in [-0.2, -0.15) is 20.1 Å². The van der Waals surface area contributed by atoms with Crippen LogP contribution in [0.2, 0.25) is 0 Å². The van der Waals surface area contributed by atoms with Crippen molar-refractivity contribution in [1.29, 1.82) is 5.26 Å². The molecule has 77 heavy (non-hydrogen) atoms. The SMILES string of the molecule is COc1ccc2cc3[n+](cc2c1OC(=O)CCc1ccccc1/N=N/c1ccc(COC(=O)N(C)CCN(C)C(=O)n2ccc4c(N(C)[C@H]5CN(C(=O)CC#N)CC[C@H]5C)ncnc42)cc1)CCc1cc2c(cc1-3)OCO2. The minimum atomic E-state index is -0.554. The third-order valence-electron chi connectivity index (χ3n) is 14.6. The molecule has 3 aliphatic rings. The summed E-state index contributed by atoms with van der Waals surface area (Å²) in [6.45, 7) is 4.59. The van der Waals surface area contributed by atoms with E-state index in [9.17, 15) is 19.2 Å². The summed E-state index contributed by atoms with van der Waals surface area (Å²) in [5, 5.41) is 20.4. The van der Waals surface area contributed by atoms with E-state index < -0.39 is 12.1 Å². The minimum Gasteiger partial charge on any atom is -0.493 e. The van der Waals surface area contributed by atoms with Crippen LogP contribution >= 0.6 is 0 Å². The molecule has 0 N–H and O–H groups in total. The second-order valence-electron chi connectivity index (χ2n) is 19.5. The molecule has 394 valence electrons. The van der Waals surface area contributed by atoms with Gasteiger partial charge in [0.25, 0.3) is 0 Å². The van der Waals surface area contributed by atoms with E-state index in [1.165, 1.54) is 26.3 Å². The number of benzene rings is 4. The number of likely N-dealkylation sites (tertiary alicyclic amines) is 1. The molecule has 4 aromatic carbocycles. The van der Waals surface area contributed by atoms with Gasteiger partial charge in [0.05, 0.1) is 53.4 Å². The Morgan fingerprint density at radius 1 is 0.922 bits per heavy atom. The van der Waals surface area contributed by atoms with Crippen molar-refractivity contribution in [2.45, 2.75) is 58.2 Å². The smallest absolute Gasteiger partial charge is 0.409 e. The van der Waals surface area contributed by atoms with Crippen molar-refractivity contribution < 1.29 is 47.4 Å². The number of esters is 1. The number of anilines is 1. The van der Waals surface area contributed by atoms with Crippen molar-refractivity contribution in [3.05, 3.63) is 120 Å². The fourth-order valence-corrected chi connectivity index (χ4v) is 10.1. The number of hydrogen-bond acceptors (Lipinski definition) is 15. The van der Waals surface area contributed by atoms with Gasteiger partial charge in [0.15, 0.2) is 41.4 Å². The van der Waals surface area contributed by atoms with Crippen LogP contribution in [0, 0.1) is 17.2 Å². The topological polar surface area (TPSA) is 210 Å². The number of methoxy groups -OCH3 is 1. The van der Waals surface area contributed by atoms with Crippen LogP contribution in [0.15, 0.2) is 114 Å². The number of piperidine rings is 1. The second-order valence-corrected chi connectivity index (χ2v) is 19.5. The average molecular weight is 1040 g/mol. The van der Waals surface area contributed by atoms with Crippen LogP contribution in [0.5, 0.6) is 23.0 Å². The average Bonchev–Trinajstić information content (AvgIpc) is 4.12. The highest BCUT2D eigenvalue weighted by molar-refractivity contribution is 5.95. The summed E-state index contributed by atoms with van der Waals surface area (Å²) in [5.74, 6) is 2.60. The van der Waals surface area contributed by atoms with E-state index in [0.29, 0.717) is 59.2 Å². The first-order chi connectivity index (χ1) is 37.4. The molecule has 1 fully saturated rings. The van der Waals surface area contributed by atoms with Gasteiger partial charge in [0, 0.05) is 66.0 Å². The van der Waals surface area contributed by atoms with Gasteiger partial charge in [-0.1, -0.05) is 37.3 Å². The summed E-state index contributed by atoms with van der Waals surface area (Å²) >= 11 is 0. The number of nitriles is 1. The molecule has 20 heteroatoms. The number of likely N-dealkylation sites (N-methyl/N-ethyl adjacent to an activating group) is 3. The van der Waals surface area contributed by atoms with Crippen LogP contribution in [0.25, 0.3) is 33.1 Å². The highest BCUT2D eigenvalue weighted by atomic mass is 16.7. The van der Waals surface area contributed by atoms with Gasteiger partial charge >= 0.3 is 18.1 Å². The molecule has 0 spiro atoms. The zero-order chi connectivity index (χ0) is 53.7. The Hall–Kier alpha value is -9.12. The van der Waals surface area contributed by atoms with E-state index in [0.717, 1.165) is 64.0 Å². The summed E-state index contributed by atoms with van der Waals surface area (Å²) in [5.41, 5.74) is 6.50. The summed E-state index contributed by atoms with van der Waals surface area (Å²) in [6.07, 6.45) is 6.43. The number of rotatable bonds is 15. The highest BCUT2D eigenvalue weighted by Gasteiger charge is 2.34. The minimum absolute atomic E-state index is 0.0156. The monoisotopic (exact) mass is 1040 g/mol. The van der Waals surface area contributed by atoms with Crippen LogP contribution in [-0.2, 0) is 40.3 Å². The van der Waals surface area contributed by atoms with Gasteiger partial charge in [-0.3, -0.25) is 14.2 Å². The largest absolute Gasteiger partial charge is 0.493 e. The first kappa shape index (κ1) is 51.4. The molecule has 3 aliphatic heterocycles. The predicted molar refractivity (Wildman–Crippen MR) is 284 cm³/mol. The number of ether oxygens (including phenoxy) is 5. The number of azo groups is 1. The van der Waals surface area contributed by atoms with E-state index in [1.807, 2.05) is 66.7 Å². The van der Waals surface area contributed by atoms with Gasteiger partial charge in [0.1, 0.15) is 25.2 Å². The Balaban J connectivity index is 0.701. The van der Waals surface area contributed by atoms with Gasteiger partial charge < -0.3 is 43.3 Å². The Morgan fingerprint density at radius 3 is 2.52 bits per heavy atom. The second kappa shape index (κ2) is 22.4. The number of nitrogens with zero attached hydrogens (tertiary/aromatic N) is 11. The lowest BCUT2D eigenvalue weighted by molar-refractivity contribution is -0.686. The van der Waals surface area contributed by atoms with Crippen molar-refractivity contribution in [3.8, 4) is 40.3 Å². The molecule has 0 unspecified atom stereocenters. The Kier molecular flexibility index (Phi) is 14.9. The van der Waals surface area contributed by atoms with Gasteiger partial charge in [0.2, 0.25) is 18.4 Å². The summed E-state index contributed by atoms with van der Waals surface area (Å²) in [7, 11) is 6.74. The summed E-state index contributed by atoms with van der Waals surface area (Å²) in [4.78, 5) is 68.5. The zero-order valence-corrected chi connectivity index (χ0v) is 43.5. The first-order valence-corrected chi connectivity index (χ1v) is 25.5. The molecule has 1 saturated heterocycles. The lowest BCUT2D eigenvalue weighted by Gasteiger charge is -2.42. The Morgan fingerprint density at radius 2 is 1.71 bits per heavy atom. The first-order valence-electron chi connectivity index (χ1n) is 25.5. The molecule has 3 amide bonds. The normalized spacial score (nSPS) is 15.4. The third kappa shape index (κ3) is 10.9. The molecule has 3 aromatic heterocycles. The van der Waals surface area contributed by atoms with Gasteiger partial charge in [-0.05, 0) is 89.4 Å². The molecule has 10 rings (SSSR count). The number of hydrogen-bond donors (Lipinski definition) is 0. The van der Waals surface area contributed by atoms with E-state index >= 15 is 0 Å². The molecule has 20 nitrogen and oxygen atoms in total. The molecule has 0 saturated carbocycles. The molecule has 2 atom stereocenters. The molecule has 0 bridgehead atoms. The maximum Gasteiger partial charge on any atom is 0.409 e. The van der Waals surface area contributed by atoms with Crippen LogP contribution in [0.3, 0.4) is 0 Å². The number of aromatic nitrogens is 4. The number of aryl methyl sites for hydroxylation is 3. The number of carbonyl (C=O) groups is 4. The van der Waals surface area contributed by atoms with Crippen molar-refractivity contribution in [3.63, 3.8) is 0 Å². The quantitative estimate of drug-likeness (QED) is 0.0408. The highest BCUT2D eigenvalue weighted by Crippen LogP contribution is 2.42.